The van der Waals surface area contributed by atoms with Crippen LogP contribution in [0.25, 0.3) is 76.6 Å². The zero-order chi connectivity index (χ0) is 27.6. The van der Waals surface area contributed by atoms with Gasteiger partial charge in [-0.05, 0) is 68.7 Å². The highest BCUT2D eigenvalue weighted by atomic mass is 14.7. The molecule has 8 rings (SSSR count). The third-order valence-corrected chi connectivity index (χ3v) is 7.49. The molecular formula is C38H34N2. The van der Waals surface area contributed by atoms with Crippen LogP contribution in [0.5, 0.6) is 0 Å². The summed E-state index contributed by atoms with van der Waals surface area (Å²) in [4.78, 5) is 7.43. The Balaban J connectivity index is 0.000000694. The van der Waals surface area contributed by atoms with Crippen molar-refractivity contribution in [2.45, 2.75) is 27.7 Å². The maximum absolute atomic E-state index is 3.72. The zero-order valence-electron chi connectivity index (χ0n) is 23.5. The lowest BCUT2D eigenvalue weighted by atomic mass is 9.87. The Morgan fingerprint density at radius 1 is 0.350 bits per heavy atom. The average Bonchev–Trinajstić information content (AvgIpc) is 3.65. The first-order chi connectivity index (χ1) is 19.8. The highest BCUT2D eigenvalue weighted by Crippen LogP contribution is 2.45. The van der Waals surface area contributed by atoms with Gasteiger partial charge in [0.2, 0.25) is 0 Å². The number of aromatic nitrogens is 2. The molecule has 0 fully saturated rings. The number of para-hydroxylation sites is 2. The zero-order valence-corrected chi connectivity index (χ0v) is 23.5. The van der Waals surface area contributed by atoms with Gasteiger partial charge in [0, 0.05) is 44.3 Å². The van der Waals surface area contributed by atoms with E-state index in [0.717, 1.165) is 22.4 Å². The predicted octanol–water partition coefficient (Wildman–Crippen LogP) is 11.5. The van der Waals surface area contributed by atoms with Crippen molar-refractivity contribution in [3.8, 4) is 22.5 Å². The summed E-state index contributed by atoms with van der Waals surface area (Å²) < 4.78 is 0. The fraction of sp³-hybridized carbons (Fsp3) is 0.105. The summed E-state index contributed by atoms with van der Waals surface area (Å²) in [5.74, 6) is 0. The number of rotatable bonds is 2. The largest absolute Gasteiger partial charge is 0.354 e. The topological polar surface area (TPSA) is 31.6 Å². The summed E-state index contributed by atoms with van der Waals surface area (Å²) in [6.07, 6.45) is 0. The summed E-state index contributed by atoms with van der Waals surface area (Å²) in [6, 6.07) is 43.8. The number of hydrogen-bond acceptors (Lipinski definition) is 0. The summed E-state index contributed by atoms with van der Waals surface area (Å²) >= 11 is 0. The third-order valence-electron chi connectivity index (χ3n) is 7.49. The van der Waals surface area contributed by atoms with E-state index < -0.39 is 0 Å². The highest BCUT2D eigenvalue weighted by Gasteiger charge is 2.19. The van der Waals surface area contributed by atoms with Crippen LogP contribution in [0.3, 0.4) is 0 Å². The lowest BCUT2D eigenvalue weighted by molar-refractivity contribution is 1.46. The molecule has 0 spiro atoms. The van der Waals surface area contributed by atoms with Gasteiger partial charge in [-0.25, -0.2) is 0 Å². The third kappa shape index (κ3) is 4.13. The number of fused-ring (bicyclic) bond motifs is 5. The van der Waals surface area contributed by atoms with Crippen LogP contribution in [0.15, 0.2) is 121 Å². The maximum Gasteiger partial charge on any atom is 0.0477 e. The van der Waals surface area contributed by atoms with Crippen LogP contribution < -0.4 is 0 Å². The Hall–Kier alpha value is -4.82. The Labute approximate surface area is 235 Å². The number of nitrogens with one attached hydrogen (secondary N) is 2. The highest BCUT2D eigenvalue weighted by molar-refractivity contribution is 6.23. The first kappa shape index (κ1) is 25.5. The molecule has 0 saturated carbocycles. The molecule has 2 nitrogen and oxygen atoms in total. The first-order valence-corrected chi connectivity index (χ1v) is 14.4. The molecule has 0 unspecified atom stereocenters. The van der Waals surface area contributed by atoms with Crippen LogP contribution in [-0.2, 0) is 0 Å². The average molecular weight is 519 g/mol. The normalized spacial score (nSPS) is 11.0. The number of H-pyrrole nitrogens is 2. The second-order valence-corrected chi connectivity index (χ2v) is 9.58. The molecule has 0 radical (unpaired) electrons. The van der Waals surface area contributed by atoms with E-state index in [4.69, 9.17) is 0 Å². The Morgan fingerprint density at radius 3 is 1.10 bits per heavy atom. The van der Waals surface area contributed by atoms with Gasteiger partial charge in [0.1, 0.15) is 0 Å². The summed E-state index contributed by atoms with van der Waals surface area (Å²) in [5, 5.41) is 9.97. The van der Waals surface area contributed by atoms with Gasteiger partial charge in [-0.1, -0.05) is 113 Å². The fourth-order valence-corrected chi connectivity index (χ4v) is 5.86. The van der Waals surface area contributed by atoms with Crippen LogP contribution in [-0.4, -0.2) is 9.97 Å². The number of aromatic amines is 2. The van der Waals surface area contributed by atoms with Crippen molar-refractivity contribution in [1.29, 1.82) is 0 Å². The monoisotopic (exact) mass is 518 g/mol. The van der Waals surface area contributed by atoms with Crippen molar-refractivity contribution in [2.75, 3.05) is 0 Å². The lowest BCUT2D eigenvalue weighted by Gasteiger charge is -2.17. The first-order valence-electron chi connectivity index (χ1n) is 14.4. The SMILES string of the molecule is CC.CC.c1ccc2cc3c(-c4cc5ccccc5[nH]4)c4ccccc4c(-c4cc5ccccc5[nH]4)c3cc2c1. The molecule has 8 aromatic rings. The summed E-state index contributed by atoms with van der Waals surface area (Å²) in [6.45, 7) is 8.00. The van der Waals surface area contributed by atoms with Gasteiger partial charge in [-0.2, -0.15) is 0 Å². The van der Waals surface area contributed by atoms with E-state index in [-0.39, 0.29) is 0 Å². The molecule has 0 saturated heterocycles. The minimum Gasteiger partial charge on any atom is -0.354 e. The van der Waals surface area contributed by atoms with Crippen molar-refractivity contribution < 1.29 is 0 Å². The molecule has 2 aromatic heterocycles. The van der Waals surface area contributed by atoms with Crippen LogP contribution in [0.1, 0.15) is 27.7 Å². The minimum absolute atomic E-state index is 1.15. The van der Waals surface area contributed by atoms with E-state index in [9.17, 15) is 0 Å². The van der Waals surface area contributed by atoms with Gasteiger partial charge in [0.25, 0.3) is 0 Å². The molecule has 0 amide bonds. The summed E-state index contributed by atoms with van der Waals surface area (Å²) in [5.41, 5.74) is 7.12. The van der Waals surface area contributed by atoms with Gasteiger partial charge >= 0.3 is 0 Å². The van der Waals surface area contributed by atoms with Gasteiger partial charge in [-0.15, -0.1) is 0 Å². The van der Waals surface area contributed by atoms with Crippen LogP contribution in [0.4, 0.5) is 0 Å². The molecule has 0 aliphatic carbocycles. The quantitative estimate of drug-likeness (QED) is 0.213. The van der Waals surface area contributed by atoms with E-state index in [1.807, 2.05) is 27.7 Å². The predicted molar refractivity (Wildman–Crippen MR) is 176 cm³/mol. The van der Waals surface area contributed by atoms with Crippen molar-refractivity contribution >= 4 is 54.1 Å². The molecule has 6 aromatic carbocycles. The van der Waals surface area contributed by atoms with Gasteiger partial charge in [0.15, 0.2) is 0 Å². The Kier molecular flexibility index (Phi) is 6.84. The van der Waals surface area contributed by atoms with Crippen LogP contribution in [0.2, 0.25) is 0 Å². The molecule has 0 aliphatic rings. The number of benzene rings is 6. The molecule has 2 N–H and O–H groups in total. The summed E-state index contributed by atoms with van der Waals surface area (Å²) in [7, 11) is 0. The number of hydrogen-bond donors (Lipinski definition) is 2. The Morgan fingerprint density at radius 2 is 0.700 bits per heavy atom. The van der Waals surface area contributed by atoms with Crippen molar-refractivity contribution in [3.63, 3.8) is 0 Å². The smallest absolute Gasteiger partial charge is 0.0477 e. The standard InChI is InChI=1S/C34H22N2.2C2H6/c1-2-10-22-18-28-27(17-21(22)9-1)33(31-19-23-11-3-7-15-29(23)35-31)25-13-5-6-14-26(25)34(28)32-20-24-12-4-8-16-30(24)36-32;2*1-2/h1-20,35-36H;2*1-2H3. The van der Waals surface area contributed by atoms with E-state index in [1.165, 1.54) is 54.2 Å². The van der Waals surface area contributed by atoms with Crippen LogP contribution >= 0.6 is 0 Å². The van der Waals surface area contributed by atoms with Crippen LogP contribution in [0, 0.1) is 0 Å². The van der Waals surface area contributed by atoms with Crippen molar-refractivity contribution in [2.24, 2.45) is 0 Å². The molecule has 40 heavy (non-hydrogen) atoms. The molecule has 196 valence electrons. The molecule has 0 aliphatic heterocycles. The van der Waals surface area contributed by atoms with Crippen molar-refractivity contribution in [3.05, 3.63) is 121 Å². The van der Waals surface area contributed by atoms with E-state index in [1.54, 1.807) is 0 Å². The molecule has 2 heterocycles. The van der Waals surface area contributed by atoms with Crippen molar-refractivity contribution in [1.82, 2.24) is 9.97 Å². The molecule has 2 heteroatoms. The van der Waals surface area contributed by atoms with Gasteiger partial charge in [0.05, 0.1) is 0 Å². The fourth-order valence-electron chi connectivity index (χ4n) is 5.86. The second kappa shape index (κ2) is 10.7. The van der Waals surface area contributed by atoms with Gasteiger partial charge < -0.3 is 9.97 Å². The molecular weight excluding hydrogens is 484 g/mol. The second-order valence-electron chi connectivity index (χ2n) is 9.58. The minimum atomic E-state index is 1.15. The Bertz CT molecular complexity index is 1890. The van der Waals surface area contributed by atoms with E-state index in [2.05, 4.69) is 131 Å². The van der Waals surface area contributed by atoms with E-state index in [0.29, 0.717) is 0 Å². The van der Waals surface area contributed by atoms with Gasteiger partial charge in [-0.3, -0.25) is 0 Å². The molecule has 0 bridgehead atoms. The molecule has 0 atom stereocenters. The van der Waals surface area contributed by atoms with E-state index >= 15 is 0 Å². The maximum atomic E-state index is 3.72. The lowest BCUT2D eigenvalue weighted by Crippen LogP contribution is -1.91.